The minimum atomic E-state index is -4.58. The second-order valence-electron chi connectivity index (χ2n) is 4.96. The van der Waals surface area contributed by atoms with E-state index in [0.717, 1.165) is 0 Å². The van der Waals surface area contributed by atoms with Gasteiger partial charge in [-0.05, 0) is 22.4 Å². The summed E-state index contributed by atoms with van der Waals surface area (Å²) in [6, 6.07) is 7.22. The molecule has 0 saturated heterocycles. The van der Waals surface area contributed by atoms with Gasteiger partial charge < -0.3 is 15.2 Å². The molecule has 2 aromatic carbocycles. The lowest BCUT2D eigenvalue weighted by atomic mass is 9.97. The summed E-state index contributed by atoms with van der Waals surface area (Å²) in [6.45, 7) is -0.208. The quantitative estimate of drug-likeness (QED) is 0.614. The van der Waals surface area contributed by atoms with Crippen LogP contribution in [0.1, 0.15) is 11.1 Å². The van der Waals surface area contributed by atoms with E-state index in [2.05, 4.69) is 5.32 Å². The first kappa shape index (κ1) is 18.2. The van der Waals surface area contributed by atoms with Gasteiger partial charge in [0.15, 0.2) is 0 Å². The second kappa shape index (κ2) is 7.14. The van der Waals surface area contributed by atoms with Crippen molar-refractivity contribution in [2.75, 3.05) is 20.2 Å². The molecule has 0 bridgehead atoms. The first-order valence-electron chi connectivity index (χ1n) is 6.88. The Morgan fingerprint density at radius 1 is 1.21 bits per heavy atom. The van der Waals surface area contributed by atoms with E-state index in [1.165, 1.54) is 31.4 Å². The van der Waals surface area contributed by atoms with E-state index >= 15 is 0 Å². The largest absolute Gasteiger partial charge is 0.496 e. The molecule has 24 heavy (non-hydrogen) atoms. The number of benzene rings is 2. The van der Waals surface area contributed by atoms with Crippen LogP contribution in [0, 0.1) is 0 Å². The standard InChI is InChI=1S/C16H14F3NO3S/c1-23-12-6-5-9-10(13(24)7-20-8-14(21)22)3-2-4-11(9)15(12)16(17,18)19/h2-6,20H,7-8H2,1H3,(H,21,22). The van der Waals surface area contributed by atoms with Gasteiger partial charge in [0.1, 0.15) is 11.3 Å². The van der Waals surface area contributed by atoms with E-state index in [4.69, 9.17) is 22.1 Å². The molecule has 2 aromatic rings. The molecular weight excluding hydrogens is 343 g/mol. The Kier molecular flexibility index (Phi) is 5.40. The van der Waals surface area contributed by atoms with Gasteiger partial charge >= 0.3 is 12.1 Å². The summed E-state index contributed by atoms with van der Waals surface area (Å²) in [5, 5.41) is 11.6. The Balaban J connectivity index is 2.51. The van der Waals surface area contributed by atoms with Gasteiger partial charge in [-0.1, -0.05) is 36.5 Å². The minimum Gasteiger partial charge on any atom is -0.496 e. The molecule has 0 amide bonds. The van der Waals surface area contributed by atoms with Crippen LogP contribution in [0.3, 0.4) is 0 Å². The molecule has 0 heterocycles. The molecular formula is C16H14F3NO3S. The number of nitrogens with one attached hydrogen (secondary N) is 1. The Morgan fingerprint density at radius 2 is 1.92 bits per heavy atom. The molecule has 0 fully saturated rings. The Morgan fingerprint density at radius 3 is 2.50 bits per heavy atom. The van der Waals surface area contributed by atoms with Crippen LogP contribution >= 0.6 is 12.2 Å². The number of thiocarbonyl (C=S) groups is 1. The monoisotopic (exact) mass is 357 g/mol. The number of alkyl halides is 3. The van der Waals surface area contributed by atoms with Gasteiger partial charge in [-0.15, -0.1) is 0 Å². The van der Waals surface area contributed by atoms with Crippen LogP contribution in [0.25, 0.3) is 10.8 Å². The molecule has 8 heteroatoms. The Labute approximate surface area is 141 Å². The van der Waals surface area contributed by atoms with Crippen LogP contribution in [-0.4, -0.2) is 36.1 Å². The smallest absolute Gasteiger partial charge is 0.420 e. The Hall–Kier alpha value is -2.19. The van der Waals surface area contributed by atoms with Crippen molar-refractivity contribution >= 4 is 33.8 Å². The van der Waals surface area contributed by atoms with Gasteiger partial charge in [0.25, 0.3) is 0 Å². The molecule has 128 valence electrons. The molecule has 2 rings (SSSR count). The summed E-state index contributed by atoms with van der Waals surface area (Å²) >= 11 is 5.23. The van der Waals surface area contributed by atoms with Gasteiger partial charge in [0.2, 0.25) is 0 Å². The number of halogens is 3. The molecule has 0 radical (unpaired) electrons. The lowest BCUT2D eigenvalue weighted by molar-refractivity contribution is -0.137. The predicted octanol–water partition coefficient (Wildman–Crippen LogP) is 3.26. The van der Waals surface area contributed by atoms with Crippen molar-refractivity contribution in [1.82, 2.24) is 5.32 Å². The first-order valence-corrected chi connectivity index (χ1v) is 7.29. The highest BCUT2D eigenvalue weighted by atomic mass is 32.1. The maximum Gasteiger partial charge on any atom is 0.420 e. The van der Waals surface area contributed by atoms with E-state index in [1.807, 2.05) is 0 Å². The van der Waals surface area contributed by atoms with Crippen LogP contribution in [0.2, 0.25) is 0 Å². The highest BCUT2D eigenvalue weighted by Gasteiger charge is 2.36. The average Bonchev–Trinajstić information content (AvgIpc) is 2.51. The molecule has 0 atom stereocenters. The van der Waals surface area contributed by atoms with E-state index in [1.54, 1.807) is 6.07 Å². The molecule has 0 aromatic heterocycles. The van der Waals surface area contributed by atoms with Crippen molar-refractivity contribution in [3.8, 4) is 5.75 Å². The molecule has 2 N–H and O–H groups in total. The number of carboxylic acid groups (broad SMARTS) is 1. The molecule has 0 spiro atoms. The molecule has 0 unspecified atom stereocenters. The molecule has 0 aliphatic rings. The van der Waals surface area contributed by atoms with Crippen molar-refractivity contribution < 1.29 is 27.8 Å². The molecule has 0 saturated carbocycles. The van der Waals surface area contributed by atoms with Crippen LogP contribution in [0.4, 0.5) is 13.2 Å². The number of hydrogen-bond acceptors (Lipinski definition) is 4. The van der Waals surface area contributed by atoms with E-state index in [-0.39, 0.29) is 24.2 Å². The lowest BCUT2D eigenvalue weighted by Crippen LogP contribution is -2.28. The number of methoxy groups -OCH3 is 1. The normalized spacial score (nSPS) is 11.5. The second-order valence-corrected chi connectivity index (χ2v) is 5.45. The molecule has 0 aliphatic heterocycles. The number of aliphatic carboxylic acids is 1. The minimum absolute atomic E-state index is 0.0139. The maximum atomic E-state index is 13.4. The van der Waals surface area contributed by atoms with Crippen LogP contribution in [0.5, 0.6) is 5.75 Å². The highest BCUT2D eigenvalue weighted by Crippen LogP contribution is 2.41. The summed E-state index contributed by atoms with van der Waals surface area (Å²) in [5.74, 6) is -1.30. The zero-order valence-corrected chi connectivity index (χ0v) is 13.4. The van der Waals surface area contributed by atoms with E-state index < -0.39 is 17.7 Å². The fourth-order valence-corrected chi connectivity index (χ4v) is 2.70. The fourth-order valence-electron chi connectivity index (χ4n) is 2.42. The zero-order valence-electron chi connectivity index (χ0n) is 12.6. The van der Waals surface area contributed by atoms with Crippen LogP contribution in [-0.2, 0) is 11.0 Å². The van der Waals surface area contributed by atoms with Gasteiger partial charge in [-0.25, -0.2) is 0 Å². The van der Waals surface area contributed by atoms with Gasteiger partial charge in [-0.3, -0.25) is 4.79 Å². The highest BCUT2D eigenvalue weighted by molar-refractivity contribution is 7.81. The summed E-state index contributed by atoms with van der Waals surface area (Å²) in [6.07, 6.45) is -4.58. The van der Waals surface area contributed by atoms with Crippen molar-refractivity contribution in [2.24, 2.45) is 0 Å². The summed E-state index contributed by atoms with van der Waals surface area (Å²) < 4.78 is 45.0. The number of rotatable bonds is 6. The van der Waals surface area contributed by atoms with Crippen LogP contribution < -0.4 is 10.1 Å². The van der Waals surface area contributed by atoms with Crippen molar-refractivity contribution in [2.45, 2.75) is 6.18 Å². The number of hydrogen-bond donors (Lipinski definition) is 2. The maximum absolute atomic E-state index is 13.4. The SMILES string of the molecule is COc1ccc2c(C(=S)CNCC(=O)O)cccc2c1C(F)(F)F. The third-order valence-electron chi connectivity index (χ3n) is 3.39. The number of fused-ring (bicyclic) bond motifs is 1. The van der Waals surface area contributed by atoms with Gasteiger partial charge in [0.05, 0.1) is 13.7 Å². The third kappa shape index (κ3) is 3.82. The topological polar surface area (TPSA) is 58.6 Å². The molecule has 4 nitrogen and oxygen atoms in total. The Bertz CT molecular complexity index is 790. The first-order chi connectivity index (χ1) is 11.3. The summed E-state index contributed by atoms with van der Waals surface area (Å²) in [4.78, 5) is 10.8. The summed E-state index contributed by atoms with van der Waals surface area (Å²) in [5.41, 5.74) is -0.404. The predicted molar refractivity (Wildman–Crippen MR) is 87.7 cm³/mol. The molecule has 0 aliphatic carbocycles. The van der Waals surface area contributed by atoms with E-state index in [9.17, 15) is 18.0 Å². The number of carbonyl (C=O) groups is 1. The third-order valence-corrected chi connectivity index (χ3v) is 3.75. The van der Waals surface area contributed by atoms with Crippen molar-refractivity contribution in [1.29, 1.82) is 0 Å². The number of carboxylic acids is 1. The van der Waals surface area contributed by atoms with Gasteiger partial charge in [-0.2, -0.15) is 13.2 Å². The average molecular weight is 357 g/mol. The van der Waals surface area contributed by atoms with Crippen LogP contribution in [0.15, 0.2) is 30.3 Å². The lowest BCUT2D eigenvalue weighted by Gasteiger charge is -2.17. The van der Waals surface area contributed by atoms with E-state index in [0.29, 0.717) is 15.8 Å². The zero-order chi connectivity index (χ0) is 17.9. The number of ether oxygens (including phenoxy) is 1. The van der Waals surface area contributed by atoms with Crippen molar-refractivity contribution in [3.63, 3.8) is 0 Å². The fraction of sp³-hybridized carbons (Fsp3) is 0.250. The summed E-state index contributed by atoms with van der Waals surface area (Å²) in [7, 11) is 1.18. The van der Waals surface area contributed by atoms with Gasteiger partial charge in [0, 0.05) is 11.4 Å². The van der Waals surface area contributed by atoms with Crippen molar-refractivity contribution in [3.05, 3.63) is 41.5 Å².